The van der Waals surface area contributed by atoms with Gasteiger partial charge in [0.15, 0.2) is 5.76 Å². The van der Waals surface area contributed by atoms with Gasteiger partial charge in [0.2, 0.25) is 15.9 Å². The van der Waals surface area contributed by atoms with Crippen LogP contribution in [0.3, 0.4) is 0 Å². The van der Waals surface area contributed by atoms with E-state index in [4.69, 9.17) is 4.52 Å². The third kappa shape index (κ3) is 5.21. The lowest BCUT2D eigenvalue weighted by atomic mass is 10.2. The molecule has 1 fully saturated rings. The van der Waals surface area contributed by atoms with Gasteiger partial charge in [-0.25, -0.2) is 8.42 Å². The molecule has 2 aromatic carbocycles. The van der Waals surface area contributed by atoms with E-state index in [1.165, 1.54) is 4.31 Å². The van der Waals surface area contributed by atoms with Crippen LogP contribution in [0.4, 0.5) is 11.4 Å². The molecule has 0 atom stereocenters. The van der Waals surface area contributed by atoms with Crippen molar-refractivity contribution in [1.29, 1.82) is 0 Å². The van der Waals surface area contributed by atoms with Crippen LogP contribution in [-0.4, -0.2) is 50.0 Å². The first-order valence-corrected chi connectivity index (χ1v) is 12.7. The highest BCUT2D eigenvalue weighted by Crippen LogP contribution is 2.24. The van der Waals surface area contributed by atoms with Crippen LogP contribution >= 0.6 is 0 Å². The number of rotatable bonds is 7. The molecule has 1 N–H and O–H groups in total. The summed E-state index contributed by atoms with van der Waals surface area (Å²) in [6.45, 7) is 5.71. The number of aromatic nitrogens is 1. The lowest BCUT2D eigenvalue weighted by molar-refractivity contribution is -0.115. The van der Waals surface area contributed by atoms with Crippen LogP contribution in [0.15, 0.2) is 64.0 Å². The molecule has 8 nitrogen and oxygen atoms in total. The zero-order valence-corrected chi connectivity index (χ0v) is 20.1. The van der Waals surface area contributed by atoms with Crippen molar-refractivity contribution < 1.29 is 17.7 Å². The van der Waals surface area contributed by atoms with Crippen LogP contribution in [0.5, 0.6) is 0 Å². The summed E-state index contributed by atoms with van der Waals surface area (Å²) >= 11 is 0. The Balaban J connectivity index is 1.42. The molecule has 1 amide bonds. The summed E-state index contributed by atoms with van der Waals surface area (Å²) in [5, 5.41) is 6.70. The minimum absolute atomic E-state index is 0.125. The number of nitrogens with zero attached hydrogens (tertiary/aromatic N) is 3. The number of carbonyl (C=O) groups excluding carboxylic acids is 1. The van der Waals surface area contributed by atoms with Crippen LogP contribution in [0.2, 0.25) is 0 Å². The smallest absolute Gasteiger partial charge is 0.243 e. The Hall–Kier alpha value is -3.43. The first-order chi connectivity index (χ1) is 16.4. The second-order valence-electron chi connectivity index (χ2n) is 8.04. The monoisotopic (exact) mass is 480 g/mol. The summed E-state index contributed by atoms with van der Waals surface area (Å²) in [7, 11) is -3.56. The highest BCUT2D eigenvalue weighted by molar-refractivity contribution is 7.89. The van der Waals surface area contributed by atoms with E-state index in [9.17, 15) is 13.2 Å². The summed E-state index contributed by atoms with van der Waals surface area (Å²) in [6.07, 6.45) is 3.85. The van der Waals surface area contributed by atoms with Gasteiger partial charge in [-0.2, -0.15) is 4.31 Å². The molecular weight excluding hydrogens is 452 g/mol. The number of para-hydroxylation sites is 1. The molecule has 0 radical (unpaired) electrons. The number of anilines is 2. The topological polar surface area (TPSA) is 95.8 Å². The largest absolute Gasteiger partial charge is 0.369 e. The van der Waals surface area contributed by atoms with Gasteiger partial charge in [-0.05, 0) is 42.8 Å². The molecule has 1 saturated heterocycles. The number of hydrogen-bond acceptors (Lipinski definition) is 6. The molecule has 178 valence electrons. The first-order valence-electron chi connectivity index (χ1n) is 11.2. The van der Waals surface area contributed by atoms with Crippen molar-refractivity contribution in [2.45, 2.75) is 25.2 Å². The van der Waals surface area contributed by atoms with E-state index in [-0.39, 0.29) is 10.8 Å². The zero-order chi connectivity index (χ0) is 24.1. The maximum absolute atomic E-state index is 13.1. The molecule has 0 spiro atoms. The number of carbonyl (C=O) groups is 1. The number of sulfonamides is 1. The molecule has 3 aromatic rings. The predicted molar refractivity (Wildman–Crippen MR) is 133 cm³/mol. The summed E-state index contributed by atoms with van der Waals surface area (Å²) in [4.78, 5) is 14.2. The summed E-state index contributed by atoms with van der Waals surface area (Å²) in [5.74, 6) is 0.312. The van der Waals surface area contributed by atoms with Gasteiger partial charge in [-0.15, -0.1) is 0 Å². The zero-order valence-electron chi connectivity index (χ0n) is 19.3. The van der Waals surface area contributed by atoms with Crippen molar-refractivity contribution in [2.75, 3.05) is 36.4 Å². The van der Waals surface area contributed by atoms with Gasteiger partial charge in [0.25, 0.3) is 0 Å². The van der Waals surface area contributed by atoms with Crippen molar-refractivity contribution in [3.8, 4) is 0 Å². The van der Waals surface area contributed by atoms with Crippen molar-refractivity contribution in [3.63, 3.8) is 0 Å². The first kappa shape index (κ1) is 23.7. The summed E-state index contributed by atoms with van der Waals surface area (Å²) in [6, 6.07) is 16.7. The second-order valence-corrected chi connectivity index (χ2v) is 9.98. The minimum atomic E-state index is -3.56. The number of benzene rings is 2. The number of aryl methyl sites for hydroxylation is 1. The van der Waals surface area contributed by atoms with Crippen molar-refractivity contribution in [1.82, 2.24) is 9.46 Å². The van der Waals surface area contributed by atoms with Crippen molar-refractivity contribution in [3.05, 3.63) is 71.6 Å². The number of amides is 1. The third-order valence-electron chi connectivity index (χ3n) is 5.78. The van der Waals surface area contributed by atoms with Gasteiger partial charge in [0.1, 0.15) is 11.4 Å². The Kier molecular flexibility index (Phi) is 7.14. The van der Waals surface area contributed by atoms with Crippen LogP contribution < -0.4 is 10.2 Å². The summed E-state index contributed by atoms with van der Waals surface area (Å²) < 4.78 is 33.1. The van der Waals surface area contributed by atoms with E-state index in [0.29, 0.717) is 49.7 Å². The van der Waals surface area contributed by atoms with E-state index < -0.39 is 10.0 Å². The molecule has 4 rings (SSSR count). The Morgan fingerprint density at radius 2 is 1.71 bits per heavy atom. The normalized spacial score (nSPS) is 15.1. The van der Waals surface area contributed by atoms with Gasteiger partial charge in [-0.3, -0.25) is 4.79 Å². The maximum Gasteiger partial charge on any atom is 0.243 e. The van der Waals surface area contributed by atoms with Crippen molar-refractivity contribution in [2.24, 2.45) is 0 Å². The molecule has 1 aliphatic rings. The van der Waals surface area contributed by atoms with Crippen LogP contribution in [0, 0.1) is 6.92 Å². The molecule has 0 unspecified atom stereocenters. The Labute approximate surface area is 199 Å². The third-order valence-corrected chi connectivity index (χ3v) is 7.69. The van der Waals surface area contributed by atoms with Gasteiger partial charge in [-0.1, -0.05) is 48.5 Å². The van der Waals surface area contributed by atoms with Crippen molar-refractivity contribution >= 4 is 39.5 Å². The van der Waals surface area contributed by atoms with Gasteiger partial charge >= 0.3 is 0 Å². The van der Waals surface area contributed by atoms with E-state index in [1.54, 1.807) is 50.3 Å². The molecule has 0 saturated carbocycles. The average molecular weight is 481 g/mol. The van der Waals surface area contributed by atoms with E-state index in [1.807, 2.05) is 30.3 Å². The highest BCUT2D eigenvalue weighted by Gasteiger charge is 2.28. The van der Waals surface area contributed by atoms with Crippen LogP contribution in [0.1, 0.15) is 30.4 Å². The number of piperazine rings is 1. The fraction of sp³-hybridized carbons (Fsp3) is 0.280. The van der Waals surface area contributed by atoms with E-state index >= 15 is 0 Å². The Morgan fingerprint density at radius 1 is 1.03 bits per heavy atom. The van der Waals surface area contributed by atoms with Gasteiger partial charge < -0.3 is 14.7 Å². The lowest BCUT2D eigenvalue weighted by Crippen LogP contribution is -2.48. The average Bonchev–Trinajstić information content (AvgIpc) is 3.22. The Morgan fingerprint density at radius 3 is 2.35 bits per heavy atom. The summed E-state index contributed by atoms with van der Waals surface area (Å²) in [5.41, 5.74) is 3.04. The molecule has 1 aliphatic heterocycles. The van der Waals surface area contributed by atoms with E-state index in [2.05, 4.69) is 15.4 Å². The predicted octanol–water partition coefficient (Wildman–Crippen LogP) is 4.01. The highest BCUT2D eigenvalue weighted by atomic mass is 32.2. The minimum Gasteiger partial charge on any atom is -0.369 e. The van der Waals surface area contributed by atoms with Crippen LogP contribution in [0.25, 0.3) is 12.2 Å². The van der Waals surface area contributed by atoms with Gasteiger partial charge in [0, 0.05) is 38.3 Å². The lowest BCUT2D eigenvalue weighted by Gasteiger charge is -2.35. The number of nitrogens with one attached hydrogen (secondary N) is 1. The number of hydrogen-bond donors (Lipinski definition) is 1. The molecule has 0 aliphatic carbocycles. The Bertz CT molecular complexity index is 1260. The fourth-order valence-electron chi connectivity index (χ4n) is 3.78. The maximum atomic E-state index is 13.1. The molecule has 34 heavy (non-hydrogen) atoms. The van der Waals surface area contributed by atoms with E-state index in [0.717, 1.165) is 11.3 Å². The standard InChI is InChI=1S/C25H28N4O4S/c1-3-24(30)26-25-19(2)27-33-23(25)14-11-20-9-12-22(13-10-20)34(31,32)29-17-15-28(16-18-29)21-7-5-4-6-8-21/h4-14H,3,15-18H2,1-2H3,(H,26,30)/b14-11-. The molecule has 1 aromatic heterocycles. The second kappa shape index (κ2) is 10.2. The quantitative estimate of drug-likeness (QED) is 0.549. The molecule has 0 bridgehead atoms. The molecule has 2 heterocycles. The molecular formula is C25H28N4O4S. The molecule has 9 heteroatoms. The van der Waals surface area contributed by atoms with Crippen LogP contribution in [-0.2, 0) is 14.8 Å². The fourth-order valence-corrected chi connectivity index (χ4v) is 5.20. The SMILES string of the molecule is CCC(=O)Nc1c(C)noc1/C=C\c1ccc(S(=O)(=O)N2CCN(c3ccccc3)CC2)cc1. The van der Waals surface area contributed by atoms with Gasteiger partial charge in [0.05, 0.1) is 4.90 Å².